The third-order valence-electron chi connectivity index (χ3n) is 4.30. The largest absolute Gasteiger partial charge is 0.465 e. The highest BCUT2D eigenvalue weighted by Gasteiger charge is 2.22. The van der Waals surface area contributed by atoms with Crippen LogP contribution in [0, 0.1) is 5.82 Å². The van der Waals surface area contributed by atoms with Crippen LogP contribution in [0.3, 0.4) is 0 Å². The lowest BCUT2D eigenvalue weighted by Gasteiger charge is -2.14. The Balaban J connectivity index is 1.84. The Morgan fingerprint density at radius 2 is 1.97 bits per heavy atom. The van der Waals surface area contributed by atoms with Crippen molar-refractivity contribution in [3.63, 3.8) is 0 Å². The van der Waals surface area contributed by atoms with Gasteiger partial charge in [0.05, 0.1) is 28.7 Å². The SMILES string of the molecule is O=C(O)N(CC(F)F)c1nc2cc(-c3n[nH]c(=O)c4ccc(F)cc34)ccc2[nH]1. The van der Waals surface area contributed by atoms with E-state index in [2.05, 4.69) is 20.2 Å². The van der Waals surface area contributed by atoms with E-state index in [0.29, 0.717) is 16.0 Å². The molecule has 0 radical (unpaired) electrons. The zero-order chi connectivity index (χ0) is 20.7. The van der Waals surface area contributed by atoms with Crippen molar-refractivity contribution in [2.24, 2.45) is 0 Å². The van der Waals surface area contributed by atoms with Crippen molar-refractivity contribution in [3.8, 4) is 11.3 Å². The van der Waals surface area contributed by atoms with E-state index in [1.54, 1.807) is 12.1 Å². The molecular weight excluding hydrogens is 391 g/mol. The summed E-state index contributed by atoms with van der Waals surface area (Å²) in [5.41, 5.74) is 0.974. The number of rotatable bonds is 4. The summed E-state index contributed by atoms with van der Waals surface area (Å²) in [6, 6.07) is 8.38. The van der Waals surface area contributed by atoms with Gasteiger partial charge in [0.15, 0.2) is 0 Å². The standard InChI is InChI=1S/C18H12F3N5O3/c19-9-2-3-10-11(6-9)15(24-25-16(10)27)8-1-4-12-13(5-8)23-17(22-12)26(18(28)29)7-14(20)21/h1-6,14H,7H2,(H,22,23)(H,25,27)(H,28,29). The average molecular weight is 403 g/mol. The van der Waals surface area contributed by atoms with Crippen molar-refractivity contribution in [2.75, 3.05) is 11.4 Å². The first-order chi connectivity index (χ1) is 13.8. The number of amides is 1. The average Bonchev–Trinajstić information content (AvgIpc) is 3.08. The Hall–Kier alpha value is -3.89. The summed E-state index contributed by atoms with van der Waals surface area (Å²) in [7, 11) is 0. The van der Waals surface area contributed by atoms with Gasteiger partial charge in [-0.25, -0.2) is 32.9 Å². The zero-order valence-corrected chi connectivity index (χ0v) is 14.5. The summed E-state index contributed by atoms with van der Waals surface area (Å²) < 4.78 is 39.1. The molecule has 0 unspecified atom stereocenters. The molecule has 0 atom stereocenters. The molecule has 2 aromatic carbocycles. The number of anilines is 1. The second-order valence-corrected chi connectivity index (χ2v) is 6.17. The lowest BCUT2D eigenvalue weighted by Crippen LogP contribution is -2.34. The maximum Gasteiger partial charge on any atom is 0.414 e. The molecule has 0 spiro atoms. The van der Waals surface area contributed by atoms with Crippen molar-refractivity contribution in [1.82, 2.24) is 20.2 Å². The summed E-state index contributed by atoms with van der Waals surface area (Å²) in [6.07, 6.45) is -4.45. The second kappa shape index (κ2) is 6.93. The van der Waals surface area contributed by atoms with Gasteiger partial charge in [0.1, 0.15) is 5.82 Å². The van der Waals surface area contributed by atoms with Gasteiger partial charge in [-0.15, -0.1) is 0 Å². The highest BCUT2D eigenvalue weighted by molar-refractivity contribution is 5.96. The van der Waals surface area contributed by atoms with Crippen LogP contribution in [0.15, 0.2) is 41.2 Å². The number of halogens is 3. The molecule has 4 rings (SSSR count). The molecule has 0 aliphatic heterocycles. The number of imidazole rings is 1. The summed E-state index contributed by atoms with van der Waals surface area (Å²) in [6.45, 7) is -1.03. The maximum atomic E-state index is 13.7. The van der Waals surface area contributed by atoms with E-state index in [4.69, 9.17) is 5.11 Å². The molecule has 4 aromatic rings. The minimum atomic E-state index is -2.87. The number of carboxylic acid groups (broad SMARTS) is 1. The molecule has 0 saturated heterocycles. The second-order valence-electron chi connectivity index (χ2n) is 6.17. The predicted octanol–water partition coefficient (Wildman–Crippen LogP) is 3.36. The Labute approximate surface area is 159 Å². The number of alkyl halides is 2. The fourth-order valence-electron chi connectivity index (χ4n) is 3.02. The van der Waals surface area contributed by atoms with Crippen molar-refractivity contribution in [1.29, 1.82) is 0 Å². The van der Waals surface area contributed by atoms with Crippen LogP contribution in [0.2, 0.25) is 0 Å². The van der Waals surface area contributed by atoms with Crippen LogP contribution in [0.4, 0.5) is 23.9 Å². The number of aromatic nitrogens is 4. The van der Waals surface area contributed by atoms with E-state index in [1.807, 2.05) is 0 Å². The molecule has 11 heteroatoms. The van der Waals surface area contributed by atoms with E-state index >= 15 is 0 Å². The fraction of sp³-hybridized carbons (Fsp3) is 0.111. The highest BCUT2D eigenvalue weighted by Crippen LogP contribution is 2.28. The van der Waals surface area contributed by atoms with Crippen LogP contribution < -0.4 is 10.5 Å². The minimum absolute atomic E-state index is 0.244. The van der Waals surface area contributed by atoms with E-state index < -0.39 is 30.4 Å². The molecule has 8 nitrogen and oxygen atoms in total. The molecule has 29 heavy (non-hydrogen) atoms. The molecular formula is C18H12F3N5O3. The summed E-state index contributed by atoms with van der Waals surface area (Å²) >= 11 is 0. The van der Waals surface area contributed by atoms with Gasteiger partial charge in [-0.3, -0.25) is 4.79 Å². The number of hydrogen-bond donors (Lipinski definition) is 3. The van der Waals surface area contributed by atoms with Gasteiger partial charge in [-0.05, 0) is 30.3 Å². The van der Waals surface area contributed by atoms with Crippen LogP contribution in [-0.4, -0.2) is 44.3 Å². The Kier molecular flexibility index (Phi) is 4.41. The van der Waals surface area contributed by atoms with Crippen LogP contribution in [0.25, 0.3) is 33.1 Å². The van der Waals surface area contributed by atoms with E-state index in [9.17, 15) is 22.8 Å². The molecule has 148 valence electrons. The Morgan fingerprint density at radius 1 is 1.17 bits per heavy atom. The number of benzene rings is 2. The van der Waals surface area contributed by atoms with Crippen molar-refractivity contribution < 1.29 is 23.1 Å². The molecule has 2 aromatic heterocycles. The number of aromatic amines is 2. The van der Waals surface area contributed by atoms with Crippen LogP contribution in [0.5, 0.6) is 0 Å². The molecule has 0 bridgehead atoms. The van der Waals surface area contributed by atoms with Gasteiger partial charge in [0.2, 0.25) is 5.95 Å². The molecule has 0 saturated carbocycles. The number of fused-ring (bicyclic) bond motifs is 2. The highest BCUT2D eigenvalue weighted by atomic mass is 19.3. The first-order valence-electron chi connectivity index (χ1n) is 8.30. The zero-order valence-electron chi connectivity index (χ0n) is 14.5. The topological polar surface area (TPSA) is 115 Å². The first-order valence-corrected chi connectivity index (χ1v) is 8.30. The summed E-state index contributed by atoms with van der Waals surface area (Å²) in [4.78, 5) is 30.4. The van der Waals surface area contributed by atoms with Gasteiger partial charge in [-0.1, -0.05) is 6.07 Å². The van der Waals surface area contributed by atoms with Gasteiger partial charge in [-0.2, -0.15) is 5.10 Å². The lowest BCUT2D eigenvalue weighted by molar-refractivity contribution is 0.147. The number of carbonyl (C=O) groups is 1. The quantitative estimate of drug-likeness (QED) is 0.483. The summed E-state index contributed by atoms with van der Waals surface area (Å²) in [5, 5.41) is 16.0. The lowest BCUT2D eigenvalue weighted by atomic mass is 10.0. The van der Waals surface area contributed by atoms with Crippen molar-refractivity contribution >= 4 is 33.8 Å². The Bertz CT molecular complexity index is 1300. The van der Waals surface area contributed by atoms with Crippen molar-refractivity contribution in [2.45, 2.75) is 6.43 Å². The third-order valence-corrected chi connectivity index (χ3v) is 4.30. The smallest absolute Gasteiger partial charge is 0.414 e. The fourth-order valence-corrected chi connectivity index (χ4v) is 3.02. The van der Waals surface area contributed by atoms with Gasteiger partial charge in [0, 0.05) is 10.9 Å². The molecule has 1 amide bonds. The molecule has 0 aliphatic carbocycles. The van der Waals surface area contributed by atoms with E-state index in [-0.39, 0.29) is 27.9 Å². The van der Waals surface area contributed by atoms with Gasteiger partial charge in [0.25, 0.3) is 12.0 Å². The summed E-state index contributed by atoms with van der Waals surface area (Å²) in [5.74, 6) is -0.798. The van der Waals surface area contributed by atoms with Crippen LogP contribution >= 0.6 is 0 Å². The third kappa shape index (κ3) is 3.37. The van der Waals surface area contributed by atoms with Crippen LogP contribution in [-0.2, 0) is 0 Å². The maximum absolute atomic E-state index is 13.7. The number of nitrogens with zero attached hydrogens (tertiary/aromatic N) is 3. The molecule has 0 fully saturated rings. The van der Waals surface area contributed by atoms with Gasteiger partial charge < -0.3 is 10.1 Å². The monoisotopic (exact) mass is 403 g/mol. The van der Waals surface area contributed by atoms with Gasteiger partial charge >= 0.3 is 6.09 Å². The number of H-pyrrole nitrogens is 2. The van der Waals surface area contributed by atoms with E-state index in [1.165, 1.54) is 18.2 Å². The number of nitrogens with one attached hydrogen (secondary N) is 2. The molecule has 3 N–H and O–H groups in total. The minimum Gasteiger partial charge on any atom is -0.465 e. The van der Waals surface area contributed by atoms with Crippen LogP contribution in [0.1, 0.15) is 0 Å². The van der Waals surface area contributed by atoms with E-state index in [0.717, 1.165) is 6.07 Å². The molecule has 2 heterocycles. The number of hydrogen-bond acceptors (Lipinski definition) is 4. The predicted molar refractivity (Wildman–Crippen MR) is 98.8 cm³/mol. The Morgan fingerprint density at radius 3 is 2.69 bits per heavy atom. The van der Waals surface area contributed by atoms with Crippen molar-refractivity contribution in [3.05, 3.63) is 52.6 Å². The normalized spacial score (nSPS) is 11.4. The first kappa shape index (κ1) is 18.5. The molecule has 0 aliphatic rings.